The highest BCUT2D eigenvalue weighted by Crippen LogP contribution is 2.30. The van der Waals surface area contributed by atoms with Gasteiger partial charge in [-0.1, -0.05) is 11.6 Å². The molecular formula is C10H13Cl2N5O4. The third-order valence-corrected chi connectivity index (χ3v) is 3.91. The average Bonchev–Trinajstić information content (AvgIpc) is 2.93. The molecule has 0 saturated carbocycles. The third-order valence-electron chi connectivity index (χ3n) is 3.47. The second-order valence-corrected chi connectivity index (χ2v) is 5.75. The third kappa shape index (κ3) is 2.34. The number of rotatable bonds is 2. The van der Waals surface area contributed by atoms with Crippen molar-refractivity contribution < 1.29 is 20.1 Å². The number of fused-ring (bicyclic) bond motifs is 1. The zero-order chi connectivity index (χ0) is 15.4. The first-order valence-corrected chi connectivity index (χ1v) is 6.87. The molecule has 9 nitrogen and oxygen atoms in total. The van der Waals surface area contributed by atoms with Crippen molar-refractivity contribution in [2.75, 3.05) is 13.3 Å². The summed E-state index contributed by atoms with van der Waals surface area (Å²) in [5.74, 6) is 0.224. The van der Waals surface area contributed by atoms with Crippen LogP contribution >= 0.6 is 23.2 Å². The first-order chi connectivity index (χ1) is 9.85. The van der Waals surface area contributed by atoms with Gasteiger partial charge in [-0.2, -0.15) is 4.99 Å². The van der Waals surface area contributed by atoms with Crippen LogP contribution in [0.5, 0.6) is 0 Å². The molecule has 21 heavy (non-hydrogen) atoms. The van der Waals surface area contributed by atoms with Gasteiger partial charge in [0.05, 0.1) is 6.61 Å². The van der Waals surface area contributed by atoms with Crippen molar-refractivity contribution in [1.82, 2.24) is 4.90 Å². The quantitative estimate of drug-likeness (QED) is 0.340. The van der Waals surface area contributed by atoms with E-state index in [0.29, 0.717) is 0 Å². The molecule has 1 fully saturated rings. The first-order valence-electron chi connectivity index (χ1n) is 6.11. The molecule has 3 heterocycles. The van der Waals surface area contributed by atoms with E-state index in [2.05, 4.69) is 15.0 Å². The van der Waals surface area contributed by atoms with Crippen LogP contribution in [0.2, 0.25) is 0 Å². The zero-order valence-electron chi connectivity index (χ0n) is 10.6. The molecule has 11 heteroatoms. The van der Waals surface area contributed by atoms with Crippen molar-refractivity contribution in [1.29, 1.82) is 0 Å². The molecule has 1 saturated heterocycles. The Labute approximate surface area is 129 Å². The van der Waals surface area contributed by atoms with Gasteiger partial charge in [0.1, 0.15) is 30.7 Å². The maximum absolute atomic E-state index is 10.0. The summed E-state index contributed by atoms with van der Waals surface area (Å²) in [5.41, 5.74) is 5.99. The minimum atomic E-state index is -1.64. The van der Waals surface area contributed by atoms with Gasteiger partial charge in [0.15, 0.2) is 12.1 Å². The van der Waals surface area contributed by atoms with Gasteiger partial charge in [-0.05, 0) is 11.6 Å². The normalized spacial score (nSPS) is 42.6. The van der Waals surface area contributed by atoms with Gasteiger partial charge in [0.2, 0.25) is 10.4 Å². The number of alkyl halides is 1. The summed E-state index contributed by atoms with van der Waals surface area (Å²) in [6.07, 6.45) is -4.33. The predicted octanol–water partition coefficient (Wildman–Crippen LogP) is -2.00. The molecule has 5 N–H and O–H groups in total. The monoisotopic (exact) mass is 337 g/mol. The lowest BCUT2D eigenvalue weighted by Crippen LogP contribution is -2.53. The molecule has 3 aliphatic heterocycles. The van der Waals surface area contributed by atoms with E-state index in [1.165, 1.54) is 4.90 Å². The molecule has 0 aromatic rings. The molecule has 3 aliphatic rings. The van der Waals surface area contributed by atoms with Gasteiger partial charge in [-0.25, -0.2) is 4.99 Å². The summed E-state index contributed by atoms with van der Waals surface area (Å²) >= 11 is 11.8. The smallest absolute Gasteiger partial charge is 0.233 e. The number of aliphatic hydroxyl groups excluding tert-OH is 3. The van der Waals surface area contributed by atoms with Crippen molar-refractivity contribution in [3.05, 3.63) is 0 Å². The second kappa shape index (κ2) is 5.13. The Hall–Kier alpha value is -0.810. The molecule has 0 amide bonds. The van der Waals surface area contributed by atoms with Crippen molar-refractivity contribution in [3.63, 3.8) is 0 Å². The molecular weight excluding hydrogens is 325 g/mol. The number of nitrogens with two attached hydrogens (primary N) is 1. The van der Waals surface area contributed by atoms with E-state index in [-0.39, 0.29) is 23.5 Å². The van der Waals surface area contributed by atoms with E-state index < -0.39 is 36.3 Å². The van der Waals surface area contributed by atoms with Crippen LogP contribution < -0.4 is 5.73 Å². The number of ether oxygens (including phenoxy) is 1. The number of hydrogen-bond acceptors (Lipinski definition) is 9. The molecule has 0 radical (unpaired) electrons. The minimum absolute atomic E-state index is 0.0616. The Morgan fingerprint density at radius 3 is 2.76 bits per heavy atom. The van der Waals surface area contributed by atoms with Gasteiger partial charge in [0, 0.05) is 0 Å². The Kier molecular flexibility index (Phi) is 3.69. The molecule has 5 atom stereocenters. The Balaban J connectivity index is 1.89. The Morgan fingerprint density at radius 2 is 2.14 bits per heavy atom. The second-order valence-electron chi connectivity index (χ2n) is 4.84. The lowest BCUT2D eigenvalue weighted by molar-refractivity contribution is -0.0688. The van der Waals surface area contributed by atoms with E-state index in [0.717, 1.165) is 0 Å². The lowest BCUT2D eigenvalue weighted by atomic mass is 10.1. The zero-order valence-corrected chi connectivity index (χ0v) is 12.1. The van der Waals surface area contributed by atoms with E-state index in [4.69, 9.17) is 38.8 Å². The lowest BCUT2D eigenvalue weighted by Gasteiger charge is -2.30. The highest BCUT2D eigenvalue weighted by Gasteiger charge is 2.50. The van der Waals surface area contributed by atoms with E-state index in [1.54, 1.807) is 0 Å². The van der Waals surface area contributed by atoms with Crippen LogP contribution in [0, 0.1) is 0 Å². The number of amidine groups is 2. The van der Waals surface area contributed by atoms with Gasteiger partial charge in [0.25, 0.3) is 0 Å². The molecule has 3 rings (SSSR count). The largest absolute Gasteiger partial charge is 0.394 e. The van der Waals surface area contributed by atoms with E-state index >= 15 is 0 Å². The standard InChI is InChI=1S/C10H13Cl2N5O4/c11-9-15-7-6(10(12,13)16-9)14-2-17(7)8-5(20)4(19)3(1-18)21-8/h3-5,8,18-20H,1-2,13H2/t3-,4-,5-,8-,10?/m1/s1. The van der Waals surface area contributed by atoms with E-state index in [1.807, 2.05) is 0 Å². The van der Waals surface area contributed by atoms with Crippen LogP contribution in [0.3, 0.4) is 0 Å². The number of aliphatic hydroxyl groups is 3. The summed E-state index contributed by atoms with van der Waals surface area (Å²) in [7, 11) is 0. The van der Waals surface area contributed by atoms with Gasteiger partial charge in [-0.3, -0.25) is 10.7 Å². The van der Waals surface area contributed by atoms with Crippen LogP contribution in [0.1, 0.15) is 0 Å². The van der Waals surface area contributed by atoms with E-state index in [9.17, 15) is 10.2 Å². The summed E-state index contributed by atoms with van der Waals surface area (Å²) in [5, 5.41) is 27.2. The number of nitrogens with zero attached hydrogens (tertiary/aromatic N) is 4. The van der Waals surface area contributed by atoms with Crippen LogP contribution in [0.15, 0.2) is 15.0 Å². The van der Waals surface area contributed by atoms with Gasteiger partial charge < -0.3 is 25.0 Å². The highest BCUT2D eigenvalue weighted by atomic mass is 35.5. The predicted molar refractivity (Wildman–Crippen MR) is 75.4 cm³/mol. The molecule has 116 valence electrons. The molecule has 0 spiro atoms. The van der Waals surface area contributed by atoms with Crippen molar-refractivity contribution in [2.24, 2.45) is 20.7 Å². The molecule has 0 aromatic carbocycles. The maximum atomic E-state index is 10.0. The van der Waals surface area contributed by atoms with Crippen LogP contribution in [-0.4, -0.2) is 80.0 Å². The average molecular weight is 338 g/mol. The summed E-state index contributed by atoms with van der Waals surface area (Å²) in [6, 6.07) is 0. The van der Waals surface area contributed by atoms with Crippen LogP contribution in [-0.2, 0) is 4.74 Å². The fourth-order valence-corrected chi connectivity index (χ4v) is 2.92. The van der Waals surface area contributed by atoms with Gasteiger partial charge in [-0.15, -0.1) is 0 Å². The molecule has 0 bridgehead atoms. The van der Waals surface area contributed by atoms with Gasteiger partial charge >= 0.3 is 0 Å². The molecule has 0 aromatic heterocycles. The van der Waals surface area contributed by atoms with Crippen LogP contribution in [0.25, 0.3) is 0 Å². The summed E-state index contributed by atoms with van der Waals surface area (Å²) < 4.78 is 5.43. The van der Waals surface area contributed by atoms with Crippen molar-refractivity contribution in [3.8, 4) is 0 Å². The van der Waals surface area contributed by atoms with Crippen molar-refractivity contribution in [2.45, 2.75) is 29.7 Å². The fourth-order valence-electron chi connectivity index (χ4n) is 2.44. The fraction of sp³-hybridized carbons (Fsp3) is 0.700. The summed E-state index contributed by atoms with van der Waals surface area (Å²) in [4.78, 5) is 13.4. The summed E-state index contributed by atoms with van der Waals surface area (Å²) in [6.45, 7) is -0.368. The number of halogens is 2. The molecule has 0 aliphatic carbocycles. The topological polar surface area (TPSA) is 136 Å². The SMILES string of the molecule is NC1(Cl)N=C(Cl)N=C2C1=NCN2[C@@H]1O[C@H](CO)[C@@H](O)[C@H]1O. The van der Waals surface area contributed by atoms with Crippen molar-refractivity contribution >= 4 is 40.0 Å². The highest BCUT2D eigenvalue weighted by molar-refractivity contribution is 6.70. The Bertz CT molecular complexity index is 552. The first kappa shape index (κ1) is 15.1. The molecule has 1 unspecified atom stereocenters. The van der Waals surface area contributed by atoms with Crippen LogP contribution in [0.4, 0.5) is 0 Å². The number of aliphatic imine (C=N–C) groups is 3. The maximum Gasteiger partial charge on any atom is 0.233 e. The minimum Gasteiger partial charge on any atom is -0.394 e. The number of hydrogen-bond donors (Lipinski definition) is 4. The Morgan fingerprint density at radius 1 is 1.43 bits per heavy atom.